The maximum Gasteiger partial charge on any atom is 0.169 e. The summed E-state index contributed by atoms with van der Waals surface area (Å²) in [4.78, 5) is 0. The van der Waals surface area contributed by atoms with Crippen molar-refractivity contribution in [3.05, 3.63) is 10.6 Å². The normalized spacial score (nSPS) is 44.5. The fourth-order valence-corrected chi connectivity index (χ4v) is 3.51. The molecule has 0 amide bonds. The summed E-state index contributed by atoms with van der Waals surface area (Å²) in [7, 11) is 0. The van der Waals surface area contributed by atoms with Crippen molar-refractivity contribution in [3.63, 3.8) is 0 Å². The molecule has 2 N–H and O–H groups in total. The lowest BCUT2D eigenvalue weighted by molar-refractivity contribution is -0.200. The molecule has 4 nitrogen and oxygen atoms in total. The highest BCUT2D eigenvalue weighted by atomic mass is 79.9. The van der Waals surface area contributed by atoms with Gasteiger partial charge in [-0.3, -0.25) is 0 Å². The largest absolute Gasteiger partial charge is 0.387 e. The van der Waals surface area contributed by atoms with Gasteiger partial charge in [0.2, 0.25) is 0 Å². The molecule has 0 aromatic rings. The van der Waals surface area contributed by atoms with Gasteiger partial charge in [0.25, 0.3) is 0 Å². The zero-order valence-electron chi connectivity index (χ0n) is 9.51. The van der Waals surface area contributed by atoms with E-state index < -0.39 is 24.1 Å². The van der Waals surface area contributed by atoms with Gasteiger partial charge in [0.15, 0.2) is 5.79 Å². The van der Waals surface area contributed by atoms with E-state index in [-0.39, 0.29) is 6.10 Å². The van der Waals surface area contributed by atoms with Crippen LogP contribution in [0.15, 0.2) is 10.6 Å². The molecule has 0 aromatic carbocycles. The zero-order chi connectivity index (χ0) is 12.0. The third kappa shape index (κ3) is 1.98. The Morgan fingerprint density at radius 3 is 2.59 bits per heavy atom. The van der Waals surface area contributed by atoms with Crippen LogP contribution in [-0.4, -0.2) is 40.4 Å². The van der Waals surface area contributed by atoms with Crippen molar-refractivity contribution in [2.24, 2.45) is 0 Å². The summed E-state index contributed by atoms with van der Waals surface area (Å²) < 4.78 is 12.5. The molecule has 0 radical (unpaired) electrons. The van der Waals surface area contributed by atoms with Crippen molar-refractivity contribution in [1.29, 1.82) is 0 Å². The van der Waals surface area contributed by atoms with Gasteiger partial charge in [-0.15, -0.1) is 0 Å². The second kappa shape index (κ2) is 4.31. The minimum atomic E-state index is -0.916. The SMILES string of the molecule is O[C@H]1[C@@H]2OC3(CCCCC3)O[C@@H]2C=C(Br)[C@H]1O. The predicted octanol–water partition coefficient (Wildman–Crippen LogP) is 1.45. The maximum atomic E-state index is 10.0. The highest BCUT2D eigenvalue weighted by Crippen LogP contribution is 2.44. The molecule has 1 heterocycles. The Labute approximate surface area is 109 Å². The molecule has 2 fully saturated rings. The predicted molar refractivity (Wildman–Crippen MR) is 64.6 cm³/mol. The van der Waals surface area contributed by atoms with Crippen LogP contribution in [0.1, 0.15) is 32.1 Å². The molecule has 1 saturated heterocycles. The van der Waals surface area contributed by atoms with Crippen LogP contribution < -0.4 is 0 Å². The molecule has 0 aromatic heterocycles. The van der Waals surface area contributed by atoms with E-state index in [1.165, 1.54) is 6.42 Å². The number of aliphatic hydroxyl groups is 2. The Morgan fingerprint density at radius 1 is 1.18 bits per heavy atom. The Kier molecular flexibility index (Phi) is 3.07. The van der Waals surface area contributed by atoms with Gasteiger partial charge in [-0.1, -0.05) is 22.4 Å². The van der Waals surface area contributed by atoms with Crippen molar-refractivity contribution in [3.8, 4) is 0 Å². The van der Waals surface area contributed by atoms with Gasteiger partial charge >= 0.3 is 0 Å². The van der Waals surface area contributed by atoms with E-state index in [2.05, 4.69) is 15.9 Å². The van der Waals surface area contributed by atoms with Crippen molar-refractivity contribution >= 4 is 15.9 Å². The minimum Gasteiger partial charge on any atom is -0.387 e. The van der Waals surface area contributed by atoms with Gasteiger partial charge in [-0.05, 0) is 18.9 Å². The van der Waals surface area contributed by atoms with Crippen LogP contribution in [0.4, 0.5) is 0 Å². The molecule has 3 rings (SSSR count). The molecule has 1 saturated carbocycles. The molecule has 1 spiro atoms. The van der Waals surface area contributed by atoms with Crippen LogP contribution in [0.5, 0.6) is 0 Å². The van der Waals surface area contributed by atoms with Crippen LogP contribution in [0, 0.1) is 0 Å². The molecule has 2 aliphatic carbocycles. The van der Waals surface area contributed by atoms with E-state index >= 15 is 0 Å². The maximum absolute atomic E-state index is 10.0. The van der Waals surface area contributed by atoms with E-state index in [0.29, 0.717) is 4.48 Å². The van der Waals surface area contributed by atoms with E-state index in [1.807, 2.05) is 6.08 Å². The van der Waals surface area contributed by atoms with Gasteiger partial charge in [0.1, 0.15) is 24.4 Å². The molecule has 3 aliphatic rings. The average Bonchev–Trinajstić information content (AvgIpc) is 2.66. The zero-order valence-corrected chi connectivity index (χ0v) is 11.1. The van der Waals surface area contributed by atoms with Crippen LogP contribution in [0.25, 0.3) is 0 Å². The second-order valence-electron chi connectivity index (χ2n) is 5.12. The Morgan fingerprint density at radius 2 is 1.88 bits per heavy atom. The third-order valence-electron chi connectivity index (χ3n) is 3.91. The van der Waals surface area contributed by atoms with E-state index in [9.17, 15) is 10.2 Å². The van der Waals surface area contributed by atoms with Crippen LogP contribution in [-0.2, 0) is 9.47 Å². The van der Waals surface area contributed by atoms with Crippen LogP contribution in [0.3, 0.4) is 0 Å². The van der Waals surface area contributed by atoms with E-state index in [1.54, 1.807) is 0 Å². The first-order valence-corrected chi connectivity index (χ1v) is 7.00. The fraction of sp³-hybridized carbons (Fsp3) is 0.833. The summed E-state index contributed by atoms with van der Waals surface area (Å²) in [5.41, 5.74) is 0. The lowest BCUT2D eigenvalue weighted by Gasteiger charge is -2.32. The van der Waals surface area contributed by atoms with Crippen molar-refractivity contribution in [2.75, 3.05) is 0 Å². The summed E-state index contributed by atoms with van der Waals surface area (Å²) in [6.45, 7) is 0. The lowest BCUT2D eigenvalue weighted by Crippen LogP contribution is -2.46. The topological polar surface area (TPSA) is 58.9 Å². The van der Waals surface area contributed by atoms with Crippen molar-refractivity contribution < 1.29 is 19.7 Å². The molecular weight excluding hydrogens is 288 g/mol. The smallest absolute Gasteiger partial charge is 0.169 e. The number of aliphatic hydroxyl groups excluding tert-OH is 2. The molecule has 96 valence electrons. The Bertz CT molecular complexity index is 337. The first kappa shape index (κ1) is 12.1. The number of fused-ring (bicyclic) bond motifs is 1. The van der Waals surface area contributed by atoms with Crippen molar-refractivity contribution in [2.45, 2.75) is 62.3 Å². The Balaban J connectivity index is 1.82. The van der Waals surface area contributed by atoms with Crippen LogP contribution in [0.2, 0.25) is 0 Å². The van der Waals surface area contributed by atoms with E-state index in [4.69, 9.17) is 9.47 Å². The second-order valence-corrected chi connectivity index (χ2v) is 6.04. The number of rotatable bonds is 0. The van der Waals surface area contributed by atoms with Gasteiger partial charge in [-0.25, -0.2) is 0 Å². The first-order chi connectivity index (χ1) is 8.11. The van der Waals surface area contributed by atoms with Crippen molar-refractivity contribution in [1.82, 2.24) is 0 Å². The minimum absolute atomic E-state index is 0.249. The molecule has 0 unspecified atom stereocenters. The number of hydrogen-bond donors (Lipinski definition) is 2. The van der Waals surface area contributed by atoms with Gasteiger partial charge in [-0.2, -0.15) is 0 Å². The standard InChI is InChI=1S/C12H17BrO4/c13-7-6-8-11(10(15)9(7)14)17-12(16-8)4-2-1-3-5-12/h6,8-11,14-15H,1-5H2/t8-,9-,10-,11-/m1/s1. The monoisotopic (exact) mass is 304 g/mol. The summed E-state index contributed by atoms with van der Waals surface area (Å²) in [5, 5.41) is 19.8. The highest BCUT2D eigenvalue weighted by Gasteiger charge is 2.53. The van der Waals surface area contributed by atoms with Gasteiger partial charge < -0.3 is 19.7 Å². The van der Waals surface area contributed by atoms with Gasteiger partial charge in [0.05, 0.1) is 0 Å². The third-order valence-corrected chi connectivity index (χ3v) is 4.64. The summed E-state index contributed by atoms with van der Waals surface area (Å²) >= 11 is 3.26. The van der Waals surface area contributed by atoms with Gasteiger partial charge in [0, 0.05) is 17.3 Å². The number of ether oxygens (including phenoxy) is 2. The average molecular weight is 305 g/mol. The molecule has 5 heteroatoms. The number of halogens is 1. The fourth-order valence-electron chi connectivity index (χ4n) is 2.98. The summed E-state index contributed by atoms with van der Waals surface area (Å²) in [6, 6.07) is 0. The molecule has 4 atom stereocenters. The summed E-state index contributed by atoms with van der Waals surface area (Å²) in [5.74, 6) is -0.525. The molecule has 17 heavy (non-hydrogen) atoms. The molecule has 1 aliphatic heterocycles. The highest BCUT2D eigenvalue weighted by molar-refractivity contribution is 9.11. The summed E-state index contributed by atoms with van der Waals surface area (Å²) in [6.07, 6.45) is 4.48. The van der Waals surface area contributed by atoms with E-state index in [0.717, 1.165) is 25.7 Å². The first-order valence-electron chi connectivity index (χ1n) is 6.20. The lowest BCUT2D eigenvalue weighted by atomic mass is 9.94. The quantitative estimate of drug-likeness (QED) is 0.711. The molecule has 0 bridgehead atoms. The molecular formula is C12H17BrO4. The number of hydrogen-bond acceptors (Lipinski definition) is 4. The Hall–Kier alpha value is 0.0600. The van der Waals surface area contributed by atoms with Crippen LogP contribution >= 0.6 is 15.9 Å².